The van der Waals surface area contributed by atoms with Gasteiger partial charge in [0.1, 0.15) is 0 Å². The first-order chi connectivity index (χ1) is 10.1. The van der Waals surface area contributed by atoms with Gasteiger partial charge in [0.2, 0.25) is 5.91 Å². The van der Waals surface area contributed by atoms with Gasteiger partial charge in [-0.25, -0.2) is 4.79 Å². The first-order valence-electron chi connectivity index (χ1n) is 7.24. The van der Waals surface area contributed by atoms with Crippen molar-refractivity contribution >= 4 is 11.9 Å². The summed E-state index contributed by atoms with van der Waals surface area (Å²) in [5.41, 5.74) is 1.04. The summed E-state index contributed by atoms with van der Waals surface area (Å²) in [6.45, 7) is 0. The minimum absolute atomic E-state index is 0.0491. The summed E-state index contributed by atoms with van der Waals surface area (Å²) >= 11 is 0. The number of benzene rings is 1. The SMILES string of the molecule is CO[C@H]1CCCC[C@@H]1NC(=O)Cc1ccc(C(=O)O)cc1. The number of carboxylic acid groups (broad SMARTS) is 1. The number of carbonyl (C=O) groups excluding carboxylic acids is 1. The smallest absolute Gasteiger partial charge is 0.335 e. The molecule has 0 aliphatic heterocycles. The van der Waals surface area contributed by atoms with Crippen LogP contribution in [0.15, 0.2) is 24.3 Å². The molecule has 1 aromatic carbocycles. The summed E-state index contributed by atoms with van der Waals surface area (Å²) in [7, 11) is 1.68. The van der Waals surface area contributed by atoms with E-state index >= 15 is 0 Å². The zero-order valence-corrected chi connectivity index (χ0v) is 12.2. The van der Waals surface area contributed by atoms with Gasteiger partial charge in [0.15, 0.2) is 0 Å². The van der Waals surface area contributed by atoms with Crippen LogP contribution in [0.2, 0.25) is 0 Å². The number of carboxylic acids is 1. The monoisotopic (exact) mass is 291 g/mol. The highest BCUT2D eigenvalue weighted by Crippen LogP contribution is 2.20. The molecule has 1 amide bonds. The highest BCUT2D eigenvalue weighted by Gasteiger charge is 2.26. The molecule has 1 aromatic rings. The van der Waals surface area contributed by atoms with E-state index in [2.05, 4.69) is 5.32 Å². The number of aromatic carboxylic acids is 1. The third kappa shape index (κ3) is 4.29. The fourth-order valence-electron chi connectivity index (χ4n) is 2.75. The van der Waals surface area contributed by atoms with Crippen molar-refractivity contribution in [3.05, 3.63) is 35.4 Å². The predicted molar refractivity (Wildman–Crippen MR) is 78.3 cm³/mol. The van der Waals surface area contributed by atoms with Crippen LogP contribution < -0.4 is 5.32 Å². The molecule has 0 saturated heterocycles. The Labute approximate surface area is 124 Å². The Kier molecular flexibility index (Phi) is 5.33. The van der Waals surface area contributed by atoms with Crippen molar-refractivity contribution in [1.29, 1.82) is 0 Å². The lowest BCUT2D eigenvalue weighted by atomic mass is 9.92. The second-order valence-electron chi connectivity index (χ2n) is 5.41. The quantitative estimate of drug-likeness (QED) is 0.870. The molecule has 5 nitrogen and oxygen atoms in total. The van der Waals surface area contributed by atoms with Crippen LogP contribution in [0.5, 0.6) is 0 Å². The van der Waals surface area contributed by atoms with Gasteiger partial charge in [-0.05, 0) is 30.5 Å². The van der Waals surface area contributed by atoms with Crippen LogP contribution in [0.1, 0.15) is 41.6 Å². The van der Waals surface area contributed by atoms with E-state index in [9.17, 15) is 9.59 Å². The molecule has 1 aliphatic carbocycles. The molecule has 1 fully saturated rings. The molecule has 0 aromatic heterocycles. The van der Waals surface area contributed by atoms with Crippen molar-refractivity contribution in [3.8, 4) is 0 Å². The van der Waals surface area contributed by atoms with Crippen LogP contribution in [0.25, 0.3) is 0 Å². The highest BCUT2D eigenvalue weighted by molar-refractivity contribution is 5.87. The number of hydrogen-bond donors (Lipinski definition) is 2. The van der Waals surface area contributed by atoms with E-state index in [0.29, 0.717) is 0 Å². The van der Waals surface area contributed by atoms with Gasteiger partial charge in [-0.1, -0.05) is 25.0 Å². The summed E-state index contributed by atoms with van der Waals surface area (Å²) in [5.74, 6) is -1.01. The number of nitrogens with one attached hydrogen (secondary N) is 1. The highest BCUT2D eigenvalue weighted by atomic mass is 16.5. The van der Waals surface area contributed by atoms with Gasteiger partial charge in [-0.3, -0.25) is 4.79 Å². The maximum atomic E-state index is 12.1. The van der Waals surface area contributed by atoms with Gasteiger partial charge in [0.05, 0.1) is 24.1 Å². The molecule has 0 heterocycles. The fraction of sp³-hybridized carbons (Fsp3) is 0.500. The molecule has 0 radical (unpaired) electrons. The Morgan fingerprint density at radius 2 is 1.90 bits per heavy atom. The topological polar surface area (TPSA) is 75.6 Å². The standard InChI is InChI=1S/C16H21NO4/c1-21-14-5-3-2-4-13(14)17-15(18)10-11-6-8-12(9-7-11)16(19)20/h6-9,13-14H,2-5,10H2,1H3,(H,17,18)(H,19,20)/t13-,14-/m0/s1. The molecule has 5 heteroatoms. The Balaban J connectivity index is 1.90. The number of carbonyl (C=O) groups is 2. The molecule has 2 N–H and O–H groups in total. The van der Waals surface area contributed by atoms with Crippen LogP contribution in [-0.4, -0.2) is 36.2 Å². The van der Waals surface area contributed by atoms with Crippen molar-refractivity contribution in [2.24, 2.45) is 0 Å². The molecule has 1 saturated carbocycles. The maximum absolute atomic E-state index is 12.1. The molecule has 2 rings (SSSR count). The molecule has 21 heavy (non-hydrogen) atoms. The Bertz CT molecular complexity index is 498. The van der Waals surface area contributed by atoms with E-state index in [1.165, 1.54) is 12.1 Å². The maximum Gasteiger partial charge on any atom is 0.335 e. The normalized spacial score (nSPS) is 21.8. The van der Waals surface area contributed by atoms with Crippen molar-refractivity contribution in [2.45, 2.75) is 44.2 Å². The average molecular weight is 291 g/mol. The largest absolute Gasteiger partial charge is 0.478 e. The lowest BCUT2D eigenvalue weighted by Crippen LogP contribution is -2.46. The number of methoxy groups -OCH3 is 1. The molecular formula is C16H21NO4. The van der Waals surface area contributed by atoms with E-state index in [4.69, 9.17) is 9.84 Å². The fourth-order valence-corrected chi connectivity index (χ4v) is 2.75. The van der Waals surface area contributed by atoms with E-state index in [1.807, 2.05) is 0 Å². The van der Waals surface area contributed by atoms with Crippen LogP contribution in [-0.2, 0) is 16.0 Å². The van der Waals surface area contributed by atoms with E-state index in [-0.39, 0.29) is 30.0 Å². The summed E-state index contributed by atoms with van der Waals surface area (Å²) in [5, 5.41) is 11.9. The van der Waals surface area contributed by atoms with Crippen molar-refractivity contribution in [2.75, 3.05) is 7.11 Å². The first-order valence-corrected chi connectivity index (χ1v) is 7.24. The number of ether oxygens (including phenoxy) is 1. The summed E-state index contributed by atoms with van der Waals surface area (Å²) < 4.78 is 5.42. The third-order valence-corrected chi connectivity index (χ3v) is 3.92. The van der Waals surface area contributed by atoms with Gasteiger partial charge in [0.25, 0.3) is 0 Å². The Hall–Kier alpha value is -1.88. The minimum Gasteiger partial charge on any atom is -0.478 e. The minimum atomic E-state index is -0.962. The van der Waals surface area contributed by atoms with Crippen LogP contribution >= 0.6 is 0 Å². The Morgan fingerprint density at radius 3 is 2.52 bits per heavy atom. The molecule has 1 aliphatic rings. The van der Waals surface area contributed by atoms with Gasteiger partial charge >= 0.3 is 5.97 Å². The molecule has 0 spiro atoms. The van der Waals surface area contributed by atoms with Crippen molar-refractivity contribution in [1.82, 2.24) is 5.32 Å². The van der Waals surface area contributed by atoms with Crippen LogP contribution in [0.3, 0.4) is 0 Å². The van der Waals surface area contributed by atoms with Gasteiger partial charge < -0.3 is 15.2 Å². The predicted octanol–water partition coefficient (Wildman–Crippen LogP) is 2.00. The summed E-state index contributed by atoms with van der Waals surface area (Å²) in [6, 6.07) is 6.47. The van der Waals surface area contributed by atoms with Gasteiger partial charge in [-0.2, -0.15) is 0 Å². The summed E-state index contributed by atoms with van der Waals surface area (Å²) in [6.07, 6.45) is 4.53. The van der Waals surface area contributed by atoms with Crippen LogP contribution in [0, 0.1) is 0 Å². The molecule has 0 bridgehead atoms. The third-order valence-electron chi connectivity index (χ3n) is 3.92. The number of rotatable bonds is 5. The van der Waals surface area contributed by atoms with Crippen LogP contribution in [0.4, 0.5) is 0 Å². The van der Waals surface area contributed by atoms with E-state index < -0.39 is 5.97 Å². The molecule has 114 valence electrons. The second kappa shape index (κ2) is 7.22. The molecule has 2 atom stereocenters. The van der Waals surface area contributed by atoms with Gasteiger partial charge in [-0.15, -0.1) is 0 Å². The van der Waals surface area contributed by atoms with E-state index in [0.717, 1.165) is 31.2 Å². The van der Waals surface area contributed by atoms with Crippen molar-refractivity contribution < 1.29 is 19.4 Å². The molecular weight excluding hydrogens is 270 g/mol. The van der Waals surface area contributed by atoms with Gasteiger partial charge in [0, 0.05) is 7.11 Å². The second-order valence-corrected chi connectivity index (χ2v) is 5.41. The van der Waals surface area contributed by atoms with Crippen molar-refractivity contribution in [3.63, 3.8) is 0 Å². The number of amides is 1. The zero-order valence-electron chi connectivity index (χ0n) is 12.2. The zero-order chi connectivity index (χ0) is 15.2. The average Bonchev–Trinajstić information content (AvgIpc) is 2.48. The lowest BCUT2D eigenvalue weighted by Gasteiger charge is -2.31. The first kappa shape index (κ1) is 15.5. The lowest BCUT2D eigenvalue weighted by molar-refractivity contribution is -0.122. The molecule has 0 unspecified atom stereocenters. The number of hydrogen-bond acceptors (Lipinski definition) is 3. The van der Waals surface area contributed by atoms with E-state index in [1.54, 1.807) is 19.2 Å². The summed E-state index contributed by atoms with van der Waals surface area (Å²) in [4.78, 5) is 22.9. The Morgan fingerprint density at radius 1 is 1.24 bits per heavy atom.